The Morgan fingerprint density at radius 3 is 2.89 bits per heavy atom. The van der Waals surface area contributed by atoms with E-state index >= 15 is 0 Å². The van der Waals surface area contributed by atoms with Gasteiger partial charge in [-0.05, 0) is 62.9 Å². The van der Waals surface area contributed by atoms with Gasteiger partial charge >= 0.3 is 0 Å². The number of benzene rings is 1. The summed E-state index contributed by atoms with van der Waals surface area (Å²) >= 11 is 0. The molecule has 3 nitrogen and oxygen atoms in total. The van der Waals surface area contributed by atoms with Crippen molar-refractivity contribution in [1.82, 2.24) is 10.6 Å². The number of aryl methyl sites for hydroxylation is 1. The van der Waals surface area contributed by atoms with E-state index in [2.05, 4.69) is 17.6 Å². The van der Waals surface area contributed by atoms with Crippen LogP contribution in [0, 0.1) is 18.7 Å². The second-order valence-corrected chi connectivity index (χ2v) is 5.43. The Balaban J connectivity index is 1.85. The summed E-state index contributed by atoms with van der Waals surface area (Å²) < 4.78 is 13.1. The van der Waals surface area contributed by atoms with Crippen molar-refractivity contribution >= 4 is 5.91 Å². The third-order valence-corrected chi connectivity index (χ3v) is 3.73. The van der Waals surface area contributed by atoms with Crippen molar-refractivity contribution in [2.24, 2.45) is 5.92 Å². The summed E-state index contributed by atoms with van der Waals surface area (Å²) in [6.45, 7) is 5.47. The van der Waals surface area contributed by atoms with Gasteiger partial charge in [0.05, 0.1) is 0 Å². The molecule has 2 rings (SSSR count). The number of hydrogen-bond acceptors (Lipinski definition) is 2. The Bertz CT molecular complexity index is 453. The lowest BCUT2D eigenvalue weighted by Crippen LogP contribution is -2.41. The van der Waals surface area contributed by atoms with E-state index in [1.54, 1.807) is 13.0 Å². The zero-order valence-corrected chi connectivity index (χ0v) is 11.5. The molecule has 1 saturated heterocycles. The van der Waals surface area contributed by atoms with Gasteiger partial charge in [-0.2, -0.15) is 0 Å². The lowest BCUT2D eigenvalue weighted by Gasteiger charge is -2.27. The lowest BCUT2D eigenvalue weighted by molar-refractivity contribution is 0.0943. The number of amides is 1. The topological polar surface area (TPSA) is 41.1 Å². The maximum Gasteiger partial charge on any atom is 0.251 e. The van der Waals surface area contributed by atoms with Crippen LogP contribution in [0.25, 0.3) is 0 Å². The van der Waals surface area contributed by atoms with Gasteiger partial charge in [-0.3, -0.25) is 4.79 Å². The minimum absolute atomic E-state index is 0.123. The van der Waals surface area contributed by atoms with E-state index in [0.717, 1.165) is 19.4 Å². The summed E-state index contributed by atoms with van der Waals surface area (Å²) in [6, 6.07) is 5.03. The first kappa shape index (κ1) is 14.0. The van der Waals surface area contributed by atoms with Gasteiger partial charge < -0.3 is 10.6 Å². The highest BCUT2D eigenvalue weighted by Gasteiger charge is 2.18. The van der Waals surface area contributed by atoms with Gasteiger partial charge in [0.25, 0.3) is 5.91 Å². The number of rotatable bonds is 3. The number of piperidine rings is 1. The van der Waals surface area contributed by atoms with Crippen molar-refractivity contribution in [1.29, 1.82) is 0 Å². The molecule has 1 heterocycles. The predicted octanol–water partition coefficient (Wildman–Crippen LogP) is 2.25. The van der Waals surface area contributed by atoms with Crippen LogP contribution in [0.5, 0.6) is 0 Å². The molecular weight excluding hydrogens is 243 g/mol. The van der Waals surface area contributed by atoms with E-state index in [0.29, 0.717) is 29.6 Å². The first-order chi connectivity index (χ1) is 9.06. The van der Waals surface area contributed by atoms with Crippen molar-refractivity contribution in [3.05, 3.63) is 35.1 Å². The van der Waals surface area contributed by atoms with Gasteiger partial charge in [0.2, 0.25) is 0 Å². The van der Waals surface area contributed by atoms with Crippen molar-refractivity contribution in [2.45, 2.75) is 32.7 Å². The summed E-state index contributed by atoms with van der Waals surface area (Å²) in [5.74, 6) is 0.0884. The number of carbonyl (C=O) groups is 1. The van der Waals surface area contributed by atoms with E-state index in [1.165, 1.54) is 12.1 Å². The Morgan fingerprint density at radius 1 is 1.47 bits per heavy atom. The molecule has 0 saturated carbocycles. The second kappa shape index (κ2) is 6.15. The molecule has 2 atom stereocenters. The van der Waals surface area contributed by atoms with E-state index in [9.17, 15) is 9.18 Å². The maximum atomic E-state index is 13.1. The molecular formula is C15H21FN2O. The van der Waals surface area contributed by atoms with Crippen LogP contribution in [0.1, 0.15) is 35.7 Å². The molecule has 1 amide bonds. The molecule has 0 aliphatic carbocycles. The van der Waals surface area contributed by atoms with Crippen molar-refractivity contribution < 1.29 is 9.18 Å². The fraction of sp³-hybridized carbons (Fsp3) is 0.533. The summed E-state index contributed by atoms with van der Waals surface area (Å²) in [6.07, 6.45) is 2.28. The highest BCUT2D eigenvalue weighted by molar-refractivity contribution is 5.94. The highest BCUT2D eigenvalue weighted by atomic mass is 19.1. The van der Waals surface area contributed by atoms with Crippen molar-refractivity contribution in [3.8, 4) is 0 Å². The van der Waals surface area contributed by atoms with E-state index < -0.39 is 0 Å². The molecule has 0 spiro atoms. The van der Waals surface area contributed by atoms with Gasteiger partial charge in [0.1, 0.15) is 5.82 Å². The van der Waals surface area contributed by atoms with Crippen LogP contribution in [0.2, 0.25) is 0 Å². The highest BCUT2D eigenvalue weighted by Crippen LogP contribution is 2.14. The quantitative estimate of drug-likeness (QED) is 0.879. The smallest absolute Gasteiger partial charge is 0.251 e. The monoisotopic (exact) mass is 264 g/mol. The number of hydrogen-bond donors (Lipinski definition) is 2. The largest absolute Gasteiger partial charge is 0.352 e. The number of nitrogens with one attached hydrogen (secondary N) is 2. The molecule has 1 aliphatic heterocycles. The molecule has 2 unspecified atom stereocenters. The van der Waals surface area contributed by atoms with Crippen LogP contribution < -0.4 is 10.6 Å². The lowest BCUT2D eigenvalue weighted by atomic mass is 9.95. The molecule has 19 heavy (non-hydrogen) atoms. The van der Waals surface area contributed by atoms with Crippen LogP contribution in [0.4, 0.5) is 4.39 Å². The average molecular weight is 264 g/mol. The number of halogens is 1. The van der Waals surface area contributed by atoms with Gasteiger partial charge in [-0.15, -0.1) is 0 Å². The molecule has 1 aliphatic rings. The first-order valence-electron chi connectivity index (χ1n) is 6.84. The zero-order chi connectivity index (χ0) is 13.8. The fourth-order valence-corrected chi connectivity index (χ4v) is 2.36. The molecule has 104 valence electrons. The number of carbonyl (C=O) groups excluding carboxylic acids is 1. The Kier molecular flexibility index (Phi) is 4.53. The summed E-state index contributed by atoms with van der Waals surface area (Å²) in [4.78, 5) is 12.0. The summed E-state index contributed by atoms with van der Waals surface area (Å²) in [5, 5.41) is 6.34. The van der Waals surface area contributed by atoms with E-state index in [4.69, 9.17) is 0 Å². The second-order valence-electron chi connectivity index (χ2n) is 5.43. The van der Waals surface area contributed by atoms with Gasteiger partial charge in [0, 0.05) is 18.2 Å². The zero-order valence-electron chi connectivity index (χ0n) is 11.5. The fourth-order valence-electron chi connectivity index (χ4n) is 2.36. The van der Waals surface area contributed by atoms with Gasteiger partial charge in [0.15, 0.2) is 0 Å². The average Bonchev–Trinajstić information content (AvgIpc) is 2.41. The third-order valence-electron chi connectivity index (χ3n) is 3.73. The van der Waals surface area contributed by atoms with E-state index in [-0.39, 0.29) is 11.7 Å². The standard InChI is InChI=1S/C15H21FN2O/c1-10-7-13(5-6-14(10)16)15(19)18-9-12-4-3-11(2)17-8-12/h5-7,11-12,17H,3-4,8-9H2,1-2H3,(H,18,19). The van der Waals surface area contributed by atoms with Gasteiger partial charge in [-0.25, -0.2) is 4.39 Å². The van der Waals surface area contributed by atoms with Crippen LogP contribution >= 0.6 is 0 Å². The van der Waals surface area contributed by atoms with Crippen LogP contribution in [-0.2, 0) is 0 Å². The summed E-state index contributed by atoms with van der Waals surface area (Å²) in [7, 11) is 0. The Morgan fingerprint density at radius 2 is 2.26 bits per heavy atom. The normalized spacial score (nSPS) is 23.1. The van der Waals surface area contributed by atoms with Crippen molar-refractivity contribution in [3.63, 3.8) is 0 Å². The Labute approximate surface area is 113 Å². The first-order valence-corrected chi connectivity index (χ1v) is 6.84. The van der Waals surface area contributed by atoms with Crippen molar-refractivity contribution in [2.75, 3.05) is 13.1 Å². The minimum atomic E-state index is -0.276. The van der Waals surface area contributed by atoms with E-state index in [1.807, 2.05) is 0 Å². The Hall–Kier alpha value is -1.42. The minimum Gasteiger partial charge on any atom is -0.352 e. The molecule has 1 aromatic carbocycles. The predicted molar refractivity (Wildman–Crippen MR) is 73.7 cm³/mol. The summed E-state index contributed by atoms with van der Waals surface area (Å²) in [5.41, 5.74) is 1.02. The van der Waals surface area contributed by atoms with Gasteiger partial charge in [-0.1, -0.05) is 0 Å². The third kappa shape index (κ3) is 3.77. The molecule has 0 bridgehead atoms. The molecule has 1 aromatic rings. The van der Waals surface area contributed by atoms with Crippen LogP contribution in [-0.4, -0.2) is 25.0 Å². The molecule has 2 N–H and O–H groups in total. The molecule has 0 radical (unpaired) electrons. The molecule has 0 aromatic heterocycles. The molecule has 1 fully saturated rings. The van der Waals surface area contributed by atoms with Crippen LogP contribution in [0.3, 0.4) is 0 Å². The SMILES string of the molecule is Cc1cc(C(=O)NCC2CCC(C)NC2)ccc1F. The molecule has 4 heteroatoms. The maximum absolute atomic E-state index is 13.1. The van der Waals surface area contributed by atoms with Crippen LogP contribution in [0.15, 0.2) is 18.2 Å².